The Kier molecular flexibility index (Phi) is 3.17. The zero-order valence-corrected chi connectivity index (χ0v) is 7.62. The van der Waals surface area contributed by atoms with Gasteiger partial charge in [0, 0.05) is 24.4 Å². The van der Waals surface area contributed by atoms with Gasteiger partial charge in [0.2, 0.25) is 0 Å². The maximum absolute atomic E-state index is 5.52. The largest absolute Gasteiger partial charge is 0.330 e. The van der Waals surface area contributed by atoms with E-state index in [-0.39, 0.29) is 5.92 Å². The molecule has 0 radical (unpaired) electrons. The minimum Gasteiger partial charge on any atom is -0.330 e. The highest BCUT2D eigenvalue weighted by Crippen LogP contribution is 2.07. The molecule has 2 N–H and O–H groups in total. The topological polar surface area (TPSA) is 51.8 Å². The van der Waals surface area contributed by atoms with Crippen molar-refractivity contribution in [2.24, 2.45) is 5.73 Å². The van der Waals surface area contributed by atoms with Crippen molar-refractivity contribution >= 4 is 0 Å². The van der Waals surface area contributed by atoms with Gasteiger partial charge in [0.1, 0.15) is 5.82 Å². The fraction of sp³-hybridized carbons (Fsp3) is 0.556. The first-order valence-electron chi connectivity index (χ1n) is 4.29. The number of aromatic nitrogens is 2. The van der Waals surface area contributed by atoms with Gasteiger partial charge in [-0.15, -0.1) is 0 Å². The third-order valence-electron chi connectivity index (χ3n) is 1.89. The van der Waals surface area contributed by atoms with Gasteiger partial charge in [0.15, 0.2) is 0 Å². The van der Waals surface area contributed by atoms with Crippen LogP contribution in [0.4, 0.5) is 0 Å². The van der Waals surface area contributed by atoms with Crippen molar-refractivity contribution in [2.45, 2.75) is 26.2 Å². The highest BCUT2D eigenvalue weighted by molar-refractivity contribution is 5.05. The van der Waals surface area contributed by atoms with Gasteiger partial charge < -0.3 is 5.73 Å². The van der Waals surface area contributed by atoms with Crippen LogP contribution in [-0.2, 0) is 6.42 Å². The van der Waals surface area contributed by atoms with Crippen molar-refractivity contribution < 1.29 is 0 Å². The second-order valence-electron chi connectivity index (χ2n) is 2.90. The van der Waals surface area contributed by atoms with Gasteiger partial charge in [-0.2, -0.15) is 0 Å². The second-order valence-corrected chi connectivity index (χ2v) is 2.90. The SMILES string of the molecule is CCc1ccnc(C(C)CN)n1. The van der Waals surface area contributed by atoms with Gasteiger partial charge in [0.05, 0.1) is 0 Å². The molecule has 0 fully saturated rings. The van der Waals surface area contributed by atoms with Crippen molar-refractivity contribution in [3.8, 4) is 0 Å². The Morgan fingerprint density at radius 3 is 2.92 bits per heavy atom. The van der Waals surface area contributed by atoms with Crippen LogP contribution in [-0.4, -0.2) is 16.5 Å². The highest BCUT2D eigenvalue weighted by Gasteiger charge is 2.05. The highest BCUT2D eigenvalue weighted by atomic mass is 14.9. The minimum absolute atomic E-state index is 0.261. The smallest absolute Gasteiger partial charge is 0.132 e. The van der Waals surface area contributed by atoms with Gasteiger partial charge in [0.25, 0.3) is 0 Å². The molecule has 0 saturated heterocycles. The van der Waals surface area contributed by atoms with Crippen molar-refractivity contribution in [3.05, 3.63) is 23.8 Å². The first kappa shape index (κ1) is 9.13. The van der Waals surface area contributed by atoms with Gasteiger partial charge in [-0.3, -0.25) is 0 Å². The molecule has 0 aliphatic rings. The van der Waals surface area contributed by atoms with E-state index in [0.717, 1.165) is 17.9 Å². The molecule has 1 aromatic heterocycles. The predicted molar refractivity (Wildman–Crippen MR) is 48.9 cm³/mol. The predicted octanol–water partition coefficient (Wildman–Crippen LogP) is 1.10. The summed E-state index contributed by atoms with van der Waals surface area (Å²) in [6.45, 7) is 4.72. The summed E-state index contributed by atoms with van der Waals surface area (Å²) >= 11 is 0. The summed E-state index contributed by atoms with van der Waals surface area (Å²) in [5, 5.41) is 0. The lowest BCUT2D eigenvalue weighted by Crippen LogP contribution is -2.12. The molecule has 66 valence electrons. The quantitative estimate of drug-likeness (QED) is 0.729. The molecule has 1 heterocycles. The van der Waals surface area contributed by atoms with E-state index < -0.39 is 0 Å². The monoisotopic (exact) mass is 165 g/mol. The van der Waals surface area contributed by atoms with Crippen molar-refractivity contribution in [1.82, 2.24) is 9.97 Å². The summed E-state index contributed by atoms with van der Waals surface area (Å²) in [4.78, 5) is 8.54. The molecule has 0 spiro atoms. The Bertz CT molecular complexity index is 247. The van der Waals surface area contributed by atoms with E-state index in [1.165, 1.54) is 0 Å². The molecular weight excluding hydrogens is 150 g/mol. The Hall–Kier alpha value is -0.960. The zero-order valence-electron chi connectivity index (χ0n) is 7.62. The van der Waals surface area contributed by atoms with Gasteiger partial charge in [-0.25, -0.2) is 9.97 Å². The molecule has 1 rings (SSSR count). The van der Waals surface area contributed by atoms with Crippen molar-refractivity contribution in [1.29, 1.82) is 0 Å². The van der Waals surface area contributed by atoms with Gasteiger partial charge in [-0.05, 0) is 12.5 Å². The van der Waals surface area contributed by atoms with E-state index in [4.69, 9.17) is 5.73 Å². The first-order valence-corrected chi connectivity index (χ1v) is 4.29. The van der Waals surface area contributed by atoms with Gasteiger partial charge >= 0.3 is 0 Å². The van der Waals surface area contributed by atoms with Crippen LogP contribution < -0.4 is 5.73 Å². The normalized spacial score (nSPS) is 12.9. The first-order chi connectivity index (χ1) is 5.77. The fourth-order valence-electron chi connectivity index (χ4n) is 0.953. The average molecular weight is 165 g/mol. The molecule has 0 bridgehead atoms. The molecule has 1 aromatic rings. The lowest BCUT2D eigenvalue weighted by atomic mass is 10.1. The number of nitrogens with zero attached hydrogens (tertiary/aromatic N) is 2. The summed E-state index contributed by atoms with van der Waals surface area (Å²) in [7, 11) is 0. The van der Waals surface area contributed by atoms with Crippen LogP contribution in [0, 0.1) is 0 Å². The molecule has 0 aliphatic heterocycles. The summed E-state index contributed by atoms with van der Waals surface area (Å²) < 4.78 is 0. The van der Waals surface area contributed by atoms with Crippen molar-refractivity contribution in [3.63, 3.8) is 0 Å². The maximum atomic E-state index is 5.52. The van der Waals surface area contributed by atoms with Crippen LogP contribution in [0.5, 0.6) is 0 Å². The second kappa shape index (κ2) is 4.16. The molecule has 0 saturated carbocycles. The lowest BCUT2D eigenvalue weighted by molar-refractivity contribution is 0.702. The van der Waals surface area contributed by atoms with Crippen LogP contribution in [0.15, 0.2) is 12.3 Å². The third kappa shape index (κ3) is 2.01. The van der Waals surface area contributed by atoms with Crippen LogP contribution >= 0.6 is 0 Å². The summed E-state index contributed by atoms with van der Waals surface area (Å²) in [5.74, 6) is 1.12. The minimum atomic E-state index is 0.261. The molecule has 1 unspecified atom stereocenters. The average Bonchev–Trinajstić information content (AvgIpc) is 2.17. The molecule has 3 heteroatoms. The van der Waals surface area contributed by atoms with E-state index in [9.17, 15) is 0 Å². The summed E-state index contributed by atoms with van der Waals surface area (Å²) in [6, 6.07) is 1.94. The lowest BCUT2D eigenvalue weighted by Gasteiger charge is -2.06. The molecular formula is C9H15N3. The van der Waals surface area contributed by atoms with Gasteiger partial charge in [-0.1, -0.05) is 13.8 Å². The maximum Gasteiger partial charge on any atom is 0.132 e. The van der Waals surface area contributed by atoms with E-state index in [1.807, 2.05) is 13.0 Å². The standard InChI is InChI=1S/C9H15N3/c1-3-8-4-5-11-9(12-8)7(2)6-10/h4-5,7H,3,6,10H2,1-2H3. The van der Waals surface area contributed by atoms with Crippen LogP contribution in [0.25, 0.3) is 0 Å². The molecule has 12 heavy (non-hydrogen) atoms. The Balaban J connectivity index is 2.86. The molecule has 0 aliphatic carbocycles. The Morgan fingerprint density at radius 2 is 2.33 bits per heavy atom. The van der Waals surface area contributed by atoms with Crippen LogP contribution in [0.1, 0.15) is 31.3 Å². The van der Waals surface area contributed by atoms with E-state index in [1.54, 1.807) is 6.20 Å². The fourth-order valence-corrected chi connectivity index (χ4v) is 0.953. The number of aryl methyl sites for hydroxylation is 1. The molecule has 0 aromatic carbocycles. The number of nitrogens with two attached hydrogens (primary N) is 1. The molecule has 1 atom stereocenters. The number of rotatable bonds is 3. The zero-order chi connectivity index (χ0) is 8.97. The van der Waals surface area contributed by atoms with Crippen molar-refractivity contribution in [2.75, 3.05) is 6.54 Å². The third-order valence-corrected chi connectivity index (χ3v) is 1.89. The van der Waals surface area contributed by atoms with Crippen LogP contribution in [0.2, 0.25) is 0 Å². The van der Waals surface area contributed by atoms with E-state index in [2.05, 4.69) is 16.9 Å². The number of hydrogen-bond acceptors (Lipinski definition) is 3. The Labute approximate surface area is 73.0 Å². The van der Waals surface area contributed by atoms with E-state index in [0.29, 0.717) is 6.54 Å². The van der Waals surface area contributed by atoms with Crippen LogP contribution in [0.3, 0.4) is 0 Å². The van der Waals surface area contributed by atoms with E-state index >= 15 is 0 Å². The number of hydrogen-bond donors (Lipinski definition) is 1. The molecule has 0 amide bonds. The summed E-state index contributed by atoms with van der Waals surface area (Å²) in [5.41, 5.74) is 6.60. The molecule has 3 nitrogen and oxygen atoms in total. The Morgan fingerprint density at radius 1 is 1.58 bits per heavy atom. The summed E-state index contributed by atoms with van der Waals surface area (Å²) in [6.07, 6.45) is 2.75.